The first-order chi connectivity index (χ1) is 10.5. The fourth-order valence-corrected chi connectivity index (χ4v) is 3.40. The van der Waals surface area contributed by atoms with Crippen molar-refractivity contribution in [2.75, 3.05) is 6.61 Å². The minimum Gasteiger partial charge on any atom is -0.487 e. The molecule has 2 aromatic rings. The fraction of sp³-hybridized carbons (Fsp3) is 0.118. The first kappa shape index (κ1) is 15.4. The molecule has 112 valence electrons. The zero-order chi connectivity index (χ0) is 15.9. The maximum Gasteiger partial charge on any atom is 0.196 e. The molecule has 0 spiro atoms. The molecule has 2 nitrogen and oxygen atoms in total. The number of benzene rings is 2. The van der Waals surface area contributed by atoms with Crippen LogP contribution in [0.25, 0.3) is 6.08 Å². The number of halogens is 3. The Labute approximate surface area is 144 Å². The van der Waals surface area contributed by atoms with Crippen molar-refractivity contribution in [2.45, 2.75) is 6.92 Å². The molecule has 0 atom stereocenters. The number of hydrogen-bond acceptors (Lipinski definition) is 2. The van der Waals surface area contributed by atoms with Gasteiger partial charge in [0.2, 0.25) is 0 Å². The summed E-state index contributed by atoms with van der Waals surface area (Å²) in [6.07, 6.45) is 1.66. The smallest absolute Gasteiger partial charge is 0.196 e. The lowest BCUT2D eigenvalue weighted by Gasteiger charge is -2.20. The van der Waals surface area contributed by atoms with Crippen LogP contribution in [0.3, 0.4) is 0 Å². The van der Waals surface area contributed by atoms with Gasteiger partial charge in [-0.15, -0.1) is 0 Å². The third kappa shape index (κ3) is 2.88. The van der Waals surface area contributed by atoms with Crippen LogP contribution in [0, 0.1) is 12.7 Å². The standard InChI is InChI=1S/C17H11Br2FO2/c1-9-4-13-16(21)11(8-22-17(13)15(19)5-9)6-10-7-12(20)2-3-14(10)18/h2-7H,8H2,1H3/b11-6+. The Bertz CT molecular complexity index is 813. The highest BCUT2D eigenvalue weighted by molar-refractivity contribution is 9.10. The van der Waals surface area contributed by atoms with Gasteiger partial charge >= 0.3 is 0 Å². The van der Waals surface area contributed by atoms with E-state index in [1.165, 1.54) is 12.1 Å². The minimum atomic E-state index is -0.349. The monoisotopic (exact) mass is 424 g/mol. The third-order valence-electron chi connectivity index (χ3n) is 3.38. The zero-order valence-electron chi connectivity index (χ0n) is 11.6. The molecule has 0 bridgehead atoms. The molecule has 0 aliphatic carbocycles. The number of carbonyl (C=O) groups excluding carboxylic acids is 1. The van der Waals surface area contributed by atoms with Crippen LogP contribution in [0.2, 0.25) is 0 Å². The SMILES string of the molecule is Cc1cc(Br)c2c(c1)C(=O)/C(=C/c1cc(F)ccc1Br)CO2. The maximum absolute atomic E-state index is 13.4. The predicted molar refractivity (Wildman–Crippen MR) is 90.8 cm³/mol. The highest BCUT2D eigenvalue weighted by Gasteiger charge is 2.25. The number of hydrogen-bond donors (Lipinski definition) is 0. The van der Waals surface area contributed by atoms with Crippen molar-refractivity contribution < 1.29 is 13.9 Å². The van der Waals surface area contributed by atoms with Crippen molar-refractivity contribution in [3.63, 3.8) is 0 Å². The molecule has 0 radical (unpaired) electrons. The van der Waals surface area contributed by atoms with Crippen LogP contribution in [0.1, 0.15) is 21.5 Å². The molecule has 0 amide bonds. The minimum absolute atomic E-state index is 0.0955. The average Bonchev–Trinajstić information content (AvgIpc) is 2.46. The number of ketones is 1. The van der Waals surface area contributed by atoms with E-state index in [-0.39, 0.29) is 18.2 Å². The van der Waals surface area contributed by atoms with E-state index in [1.807, 2.05) is 13.0 Å². The molecule has 0 N–H and O–H groups in total. The molecule has 2 aromatic carbocycles. The van der Waals surface area contributed by atoms with Crippen molar-refractivity contribution in [1.29, 1.82) is 0 Å². The van der Waals surface area contributed by atoms with Gasteiger partial charge in [-0.3, -0.25) is 4.79 Å². The van der Waals surface area contributed by atoms with E-state index in [1.54, 1.807) is 18.2 Å². The molecule has 0 saturated carbocycles. The van der Waals surface area contributed by atoms with E-state index < -0.39 is 0 Å². The van der Waals surface area contributed by atoms with Gasteiger partial charge in [-0.1, -0.05) is 15.9 Å². The van der Waals surface area contributed by atoms with Crippen molar-refractivity contribution in [3.8, 4) is 5.75 Å². The number of rotatable bonds is 1. The number of aryl methyl sites for hydroxylation is 1. The predicted octanol–water partition coefficient (Wildman–Crippen LogP) is 5.32. The Morgan fingerprint density at radius 2 is 1.95 bits per heavy atom. The maximum atomic E-state index is 13.4. The summed E-state index contributed by atoms with van der Waals surface area (Å²) in [5, 5.41) is 0. The van der Waals surface area contributed by atoms with Gasteiger partial charge in [0.25, 0.3) is 0 Å². The van der Waals surface area contributed by atoms with Gasteiger partial charge in [-0.05, 0) is 70.4 Å². The van der Waals surface area contributed by atoms with Crippen molar-refractivity contribution >= 4 is 43.7 Å². The van der Waals surface area contributed by atoms with Crippen molar-refractivity contribution in [1.82, 2.24) is 0 Å². The van der Waals surface area contributed by atoms with Crippen LogP contribution in [0.4, 0.5) is 4.39 Å². The van der Waals surface area contributed by atoms with E-state index in [9.17, 15) is 9.18 Å². The van der Waals surface area contributed by atoms with E-state index in [0.29, 0.717) is 22.4 Å². The van der Waals surface area contributed by atoms with Gasteiger partial charge in [-0.2, -0.15) is 0 Å². The largest absolute Gasteiger partial charge is 0.487 e. The third-order valence-corrected chi connectivity index (χ3v) is 4.70. The number of ether oxygens (including phenoxy) is 1. The summed E-state index contributed by atoms with van der Waals surface area (Å²) in [4.78, 5) is 12.6. The molecule has 1 aliphatic heterocycles. The summed E-state index contributed by atoms with van der Waals surface area (Å²) in [6.45, 7) is 2.08. The van der Waals surface area contributed by atoms with Gasteiger partial charge in [0, 0.05) is 10.0 Å². The van der Waals surface area contributed by atoms with Gasteiger partial charge in [0.05, 0.1) is 10.0 Å². The topological polar surface area (TPSA) is 26.3 Å². The number of carbonyl (C=O) groups is 1. The Morgan fingerprint density at radius 3 is 2.73 bits per heavy atom. The summed E-state index contributed by atoms with van der Waals surface area (Å²) >= 11 is 6.78. The Morgan fingerprint density at radius 1 is 1.18 bits per heavy atom. The summed E-state index contributed by atoms with van der Waals surface area (Å²) < 4.78 is 20.6. The second-order valence-electron chi connectivity index (χ2n) is 5.08. The number of fused-ring (bicyclic) bond motifs is 1. The van der Waals surface area contributed by atoms with Crippen LogP contribution in [-0.4, -0.2) is 12.4 Å². The Hall–Kier alpha value is -1.46. The summed E-state index contributed by atoms with van der Waals surface area (Å²) in [5.41, 5.74) is 2.60. The molecule has 5 heteroatoms. The average molecular weight is 426 g/mol. The van der Waals surface area contributed by atoms with Gasteiger partial charge in [0.15, 0.2) is 5.78 Å². The molecule has 3 rings (SSSR count). The van der Waals surface area contributed by atoms with Crippen LogP contribution < -0.4 is 4.74 Å². The van der Waals surface area contributed by atoms with E-state index in [2.05, 4.69) is 31.9 Å². The van der Waals surface area contributed by atoms with Crippen LogP contribution >= 0.6 is 31.9 Å². The van der Waals surface area contributed by atoms with Gasteiger partial charge in [0.1, 0.15) is 18.2 Å². The lowest BCUT2D eigenvalue weighted by molar-refractivity contribution is 0.100. The molecule has 0 aromatic heterocycles. The Balaban J connectivity index is 2.06. The lowest BCUT2D eigenvalue weighted by Crippen LogP contribution is -2.19. The second kappa shape index (κ2) is 5.97. The first-order valence-corrected chi connectivity index (χ1v) is 8.17. The summed E-state index contributed by atoms with van der Waals surface area (Å²) in [6, 6.07) is 8.07. The molecule has 0 saturated heterocycles. The van der Waals surface area contributed by atoms with Crippen LogP contribution in [-0.2, 0) is 0 Å². The number of Topliss-reactive ketones (excluding diaryl/α,β-unsaturated/α-hetero) is 1. The molecule has 22 heavy (non-hydrogen) atoms. The zero-order valence-corrected chi connectivity index (χ0v) is 14.8. The first-order valence-electron chi connectivity index (χ1n) is 6.59. The van der Waals surface area contributed by atoms with E-state index in [4.69, 9.17) is 4.74 Å². The summed E-state index contributed by atoms with van der Waals surface area (Å²) in [7, 11) is 0. The molecule has 1 aliphatic rings. The second-order valence-corrected chi connectivity index (χ2v) is 6.79. The Kier molecular flexibility index (Phi) is 4.19. The molecule has 1 heterocycles. The van der Waals surface area contributed by atoms with E-state index in [0.717, 1.165) is 14.5 Å². The molecule has 0 fully saturated rings. The lowest BCUT2D eigenvalue weighted by atomic mass is 9.97. The van der Waals surface area contributed by atoms with E-state index >= 15 is 0 Å². The van der Waals surface area contributed by atoms with Gasteiger partial charge in [-0.25, -0.2) is 4.39 Å². The normalized spacial score (nSPS) is 15.6. The molecule has 0 unspecified atom stereocenters. The van der Waals surface area contributed by atoms with Crippen molar-refractivity contribution in [3.05, 3.63) is 67.4 Å². The van der Waals surface area contributed by atoms with Crippen molar-refractivity contribution in [2.24, 2.45) is 0 Å². The van der Waals surface area contributed by atoms with Crippen LogP contribution in [0.15, 0.2) is 44.9 Å². The highest BCUT2D eigenvalue weighted by Crippen LogP contribution is 2.36. The van der Waals surface area contributed by atoms with Gasteiger partial charge < -0.3 is 4.74 Å². The molecular formula is C17H11Br2FO2. The molecular weight excluding hydrogens is 415 g/mol. The summed E-state index contributed by atoms with van der Waals surface area (Å²) in [5.74, 6) is 0.117. The van der Waals surface area contributed by atoms with Crippen LogP contribution in [0.5, 0.6) is 5.75 Å². The fourth-order valence-electron chi connectivity index (χ4n) is 2.35. The highest BCUT2D eigenvalue weighted by atomic mass is 79.9. The quantitative estimate of drug-likeness (QED) is 0.578.